The summed E-state index contributed by atoms with van der Waals surface area (Å²) in [5.41, 5.74) is 3.10. The van der Waals surface area contributed by atoms with Gasteiger partial charge in [0.1, 0.15) is 0 Å². The van der Waals surface area contributed by atoms with Gasteiger partial charge in [-0.05, 0) is 53.6 Å². The summed E-state index contributed by atoms with van der Waals surface area (Å²) in [5, 5.41) is 2.61. The Morgan fingerprint density at radius 3 is 2.38 bits per heavy atom. The van der Waals surface area contributed by atoms with Crippen molar-refractivity contribution in [3.05, 3.63) is 69.7 Å². The number of benzene rings is 3. The zero-order valence-corrected chi connectivity index (χ0v) is 14.8. The average molecular weight is 378 g/mol. The Morgan fingerprint density at radius 2 is 1.62 bits per heavy atom. The third kappa shape index (κ3) is 2.55. The molecule has 0 radical (unpaired) electrons. The van der Waals surface area contributed by atoms with E-state index < -0.39 is 10.0 Å². The average Bonchev–Trinajstić information content (AvgIpc) is 2.97. The van der Waals surface area contributed by atoms with Crippen LogP contribution in [0.5, 0.6) is 0 Å². The lowest BCUT2D eigenvalue weighted by Crippen LogP contribution is -2.13. The summed E-state index contributed by atoms with van der Waals surface area (Å²) >= 11 is 11.8. The van der Waals surface area contributed by atoms with Gasteiger partial charge in [0.05, 0.1) is 20.6 Å². The van der Waals surface area contributed by atoms with Crippen LogP contribution in [0.15, 0.2) is 53.4 Å². The Bertz CT molecular complexity index is 1070. The predicted molar refractivity (Wildman–Crippen MR) is 98.6 cm³/mol. The molecular formula is C18H13Cl2NO2S. The maximum atomic E-state index is 12.7. The van der Waals surface area contributed by atoms with Crippen LogP contribution in [-0.4, -0.2) is 8.42 Å². The van der Waals surface area contributed by atoms with E-state index in [2.05, 4.69) is 10.8 Å². The maximum absolute atomic E-state index is 12.7. The zero-order valence-electron chi connectivity index (χ0n) is 12.5. The van der Waals surface area contributed by atoms with Crippen molar-refractivity contribution in [3.63, 3.8) is 0 Å². The predicted octanol–water partition coefficient (Wildman–Crippen LogP) is 5.05. The highest BCUT2D eigenvalue weighted by atomic mass is 35.5. The number of hydrogen-bond donors (Lipinski definition) is 1. The van der Waals surface area contributed by atoms with E-state index in [1.807, 2.05) is 24.3 Å². The van der Waals surface area contributed by atoms with Crippen molar-refractivity contribution in [3.8, 4) is 0 Å². The van der Waals surface area contributed by atoms with Gasteiger partial charge in [0.25, 0.3) is 10.0 Å². The Balaban J connectivity index is 1.81. The molecule has 4 rings (SSSR count). The lowest BCUT2D eigenvalue weighted by molar-refractivity contribution is 0.601. The normalized spacial score (nSPS) is 13.4. The molecule has 0 saturated carbocycles. The molecule has 0 bridgehead atoms. The third-order valence-electron chi connectivity index (χ3n) is 4.32. The lowest BCUT2D eigenvalue weighted by Gasteiger charge is -2.12. The van der Waals surface area contributed by atoms with Gasteiger partial charge in [-0.25, -0.2) is 8.42 Å². The second kappa shape index (κ2) is 5.66. The van der Waals surface area contributed by atoms with Crippen LogP contribution in [-0.2, 0) is 22.9 Å². The molecule has 0 amide bonds. The van der Waals surface area contributed by atoms with E-state index in [4.69, 9.17) is 23.2 Å². The summed E-state index contributed by atoms with van der Waals surface area (Å²) in [6.07, 6.45) is 1.99. The molecule has 6 heteroatoms. The number of halogens is 2. The number of anilines is 1. The molecule has 24 heavy (non-hydrogen) atoms. The fraction of sp³-hybridized carbons (Fsp3) is 0.111. The molecule has 1 N–H and O–H groups in total. The van der Waals surface area contributed by atoms with E-state index in [0.29, 0.717) is 10.7 Å². The maximum Gasteiger partial charge on any atom is 0.261 e. The van der Waals surface area contributed by atoms with Crippen molar-refractivity contribution in [1.29, 1.82) is 0 Å². The van der Waals surface area contributed by atoms with Crippen molar-refractivity contribution < 1.29 is 8.42 Å². The second-order valence-corrected chi connectivity index (χ2v) is 8.29. The molecule has 0 aliphatic heterocycles. The summed E-state index contributed by atoms with van der Waals surface area (Å²) in [4.78, 5) is 0.0835. The monoisotopic (exact) mass is 377 g/mol. The summed E-state index contributed by atoms with van der Waals surface area (Å²) in [6, 6.07) is 14.1. The van der Waals surface area contributed by atoms with Gasteiger partial charge in [0.15, 0.2) is 0 Å². The summed E-state index contributed by atoms with van der Waals surface area (Å²) < 4.78 is 28.0. The van der Waals surface area contributed by atoms with Crippen LogP contribution in [0.2, 0.25) is 10.0 Å². The number of hydrogen-bond acceptors (Lipinski definition) is 2. The summed E-state index contributed by atoms with van der Waals surface area (Å²) in [6.45, 7) is 0. The minimum Gasteiger partial charge on any atom is -0.279 e. The highest BCUT2D eigenvalue weighted by Crippen LogP contribution is 2.36. The largest absolute Gasteiger partial charge is 0.279 e. The zero-order chi connectivity index (χ0) is 16.9. The molecule has 0 fully saturated rings. The Morgan fingerprint density at radius 1 is 0.875 bits per heavy atom. The molecule has 0 aromatic heterocycles. The topological polar surface area (TPSA) is 46.2 Å². The molecule has 0 unspecified atom stereocenters. The van der Waals surface area contributed by atoms with Gasteiger partial charge < -0.3 is 0 Å². The van der Waals surface area contributed by atoms with E-state index in [-0.39, 0.29) is 9.92 Å². The smallest absolute Gasteiger partial charge is 0.261 e. The van der Waals surface area contributed by atoms with Crippen molar-refractivity contribution >= 4 is 49.7 Å². The molecule has 1 aliphatic carbocycles. The minimum atomic E-state index is -3.74. The van der Waals surface area contributed by atoms with Crippen molar-refractivity contribution in [2.45, 2.75) is 17.7 Å². The SMILES string of the molecule is O=S(=O)(Nc1ccc2c3c(cccc13)CC2)c1ccc(Cl)c(Cl)c1. The van der Waals surface area contributed by atoms with E-state index in [0.717, 1.165) is 23.6 Å². The van der Waals surface area contributed by atoms with Gasteiger partial charge in [-0.2, -0.15) is 0 Å². The molecule has 3 aromatic rings. The Labute approximate surface area is 150 Å². The standard InChI is InChI=1S/C18H13Cl2NO2S/c19-15-8-7-13(10-16(15)20)24(22,23)21-17-9-6-12-5-4-11-2-1-3-14(17)18(11)12/h1-3,6-10,21H,4-5H2. The van der Waals surface area contributed by atoms with Crippen LogP contribution in [0.25, 0.3) is 10.8 Å². The molecule has 1 aliphatic rings. The highest BCUT2D eigenvalue weighted by molar-refractivity contribution is 7.92. The van der Waals surface area contributed by atoms with Gasteiger partial charge in [-0.1, -0.05) is 47.5 Å². The second-order valence-electron chi connectivity index (χ2n) is 5.79. The molecule has 3 nitrogen and oxygen atoms in total. The number of rotatable bonds is 3. The summed E-state index contributed by atoms with van der Waals surface area (Å²) in [5.74, 6) is 0. The fourth-order valence-corrected chi connectivity index (χ4v) is 4.65. The van der Waals surface area contributed by atoms with Crippen LogP contribution < -0.4 is 4.72 Å². The van der Waals surface area contributed by atoms with Gasteiger partial charge in [0.2, 0.25) is 0 Å². The van der Waals surface area contributed by atoms with E-state index >= 15 is 0 Å². The minimum absolute atomic E-state index is 0.0835. The van der Waals surface area contributed by atoms with Crippen LogP contribution >= 0.6 is 23.2 Å². The molecule has 122 valence electrons. The Kier molecular flexibility index (Phi) is 3.71. The van der Waals surface area contributed by atoms with E-state index in [1.165, 1.54) is 29.3 Å². The first kappa shape index (κ1) is 15.8. The quantitative estimate of drug-likeness (QED) is 0.694. The molecular weight excluding hydrogens is 365 g/mol. The van der Waals surface area contributed by atoms with Gasteiger partial charge in [-0.15, -0.1) is 0 Å². The van der Waals surface area contributed by atoms with Crippen molar-refractivity contribution in [1.82, 2.24) is 0 Å². The van der Waals surface area contributed by atoms with Crippen molar-refractivity contribution in [2.24, 2.45) is 0 Å². The molecule has 3 aromatic carbocycles. The van der Waals surface area contributed by atoms with Gasteiger partial charge in [-0.3, -0.25) is 4.72 Å². The summed E-state index contributed by atoms with van der Waals surface area (Å²) in [7, 11) is -3.74. The first-order valence-corrected chi connectivity index (χ1v) is 9.71. The molecule has 0 atom stereocenters. The number of sulfonamides is 1. The van der Waals surface area contributed by atoms with Crippen LogP contribution in [0.4, 0.5) is 5.69 Å². The van der Waals surface area contributed by atoms with Crippen molar-refractivity contribution in [2.75, 3.05) is 4.72 Å². The van der Waals surface area contributed by atoms with Crippen LogP contribution in [0.3, 0.4) is 0 Å². The molecule has 0 saturated heterocycles. The van der Waals surface area contributed by atoms with Crippen LogP contribution in [0.1, 0.15) is 11.1 Å². The number of nitrogens with one attached hydrogen (secondary N) is 1. The first-order valence-electron chi connectivity index (χ1n) is 7.47. The van der Waals surface area contributed by atoms with Gasteiger partial charge >= 0.3 is 0 Å². The lowest BCUT2D eigenvalue weighted by atomic mass is 10.0. The Hall–Kier alpha value is -1.75. The van der Waals surface area contributed by atoms with Crippen LogP contribution in [0, 0.1) is 0 Å². The van der Waals surface area contributed by atoms with E-state index in [1.54, 1.807) is 0 Å². The third-order valence-corrected chi connectivity index (χ3v) is 6.42. The van der Waals surface area contributed by atoms with Gasteiger partial charge in [0, 0.05) is 5.39 Å². The fourth-order valence-electron chi connectivity index (χ4n) is 3.18. The molecule has 0 heterocycles. The van der Waals surface area contributed by atoms with E-state index in [9.17, 15) is 8.42 Å². The first-order chi connectivity index (χ1) is 11.5. The molecule has 0 spiro atoms. The number of aryl methyl sites for hydroxylation is 2. The highest BCUT2D eigenvalue weighted by Gasteiger charge is 2.20.